The standard InChI is InChI=1S/C23H22FN3O2/c24-19-7-8-21(26-11-13-29-14-12-26)22-18(19)15-27(23(22)28)10-9-17-6-5-16-3-1-2-4-20(16)25-17/h1-8H,9-15H2. The van der Waals surface area contributed by atoms with Gasteiger partial charge in [0.2, 0.25) is 0 Å². The molecule has 1 fully saturated rings. The molecule has 0 radical (unpaired) electrons. The Morgan fingerprint density at radius 3 is 2.72 bits per heavy atom. The van der Waals surface area contributed by atoms with E-state index in [4.69, 9.17) is 4.74 Å². The number of anilines is 1. The van der Waals surface area contributed by atoms with Crippen molar-refractivity contribution < 1.29 is 13.9 Å². The fourth-order valence-electron chi connectivity index (χ4n) is 4.17. The first-order valence-corrected chi connectivity index (χ1v) is 9.99. The summed E-state index contributed by atoms with van der Waals surface area (Å²) in [6.07, 6.45) is 0.638. The third-order valence-corrected chi connectivity index (χ3v) is 5.73. The highest BCUT2D eigenvalue weighted by Crippen LogP contribution is 2.34. The van der Waals surface area contributed by atoms with E-state index in [9.17, 15) is 9.18 Å². The second-order valence-corrected chi connectivity index (χ2v) is 7.49. The summed E-state index contributed by atoms with van der Waals surface area (Å²) >= 11 is 0. The Hall–Kier alpha value is -2.99. The highest BCUT2D eigenvalue weighted by molar-refractivity contribution is 6.03. The molecule has 3 heterocycles. The molecule has 1 amide bonds. The molecule has 2 aliphatic rings. The molecule has 5 nitrogen and oxygen atoms in total. The molecule has 0 N–H and O–H groups in total. The molecule has 0 saturated carbocycles. The minimum atomic E-state index is -0.309. The van der Waals surface area contributed by atoms with Gasteiger partial charge < -0.3 is 14.5 Å². The van der Waals surface area contributed by atoms with Crippen LogP contribution in [-0.4, -0.2) is 48.6 Å². The maximum absolute atomic E-state index is 14.5. The van der Waals surface area contributed by atoms with Gasteiger partial charge in [-0.3, -0.25) is 9.78 Å². The van der Waals surface area contributed by atoms with E-state index in [1.165, 1.54) is 6.07 Å². The highest BCUT2D eigenvalue weighted by Gasteiger charge is 2.34. The Morgan fingerprint density at radius 2 is 1.86 bits per heavy atom. The number of hydrogen-bond acceptors (Lipinski definition) is 4. The van der Waals surface area contributed by atoms with Crippen LogP contribution in [0.1, 0.15) is 21.6 Å². The van der Waals surface area contributed by atoms with Gasteiger partial charge in [-0.15, -0.1) is 0 Å². The van der Waals surface area contributed by atoms with Crippen molar-refractivity contribution in [2.24, 2.45) is 0 Å². The molecule has 0 aliphatic carbocycles. The molecule has 1 aromatic heterocycles. The lowest BCUT2D eigenvalue weighted by Gasteiger charge is -2.30. The lowest BCUT2D eigenvalue weighted by molar-refractivity contribution is 0.0779. The quantitative estimate of drug-likeness (QED) is 0.684. The number of pyridine rings is 1. The van der Waals surface area contributed by atoms with Crippen LogP contribution >= 0.6 is 0 Å². The number of halogens is 1. The van der Waals surface area contributed by atoms with Crippen LogP contribution in [0.25, 0.3) is 10.9 Å². The summed E-state index contributed by atoms with van der Waals surface area (Å²) in [6.45, 7) is 3.50. The first kappa shape index (κ1) is 18.1. The maximum atomic E-state index is 14.5. The first-order valence-electron chi connectivity index (χ1n) is 9.99. The normalized spacial score (nSPS) is 16.5. The van der Waals surface area contributed by atoms with E-state index < -0.39 is 0 Å². The number of morpholine rings is 1. The lowest BCUT2D eigenvalue weighted by atomic mass is 10.1. The van der Waals surface area contributed by atoms with Gasteiger partial charge in [-0.2, -0.15) is 0 Å². The molecule has 0 unspecified atom stereocenters. The number of amides is 1. The van der Waals surface area contributed by atoms with Crippen molar-refractivity contribution in [2.75, 3.05) is 37.7 Å². The van der Waals surface area contributed by atoms with Crippen molar-refractivity contribution in [3.05, 3.63) is 71.2 Å². The minimum absolute atomic E-state index is 0.0956. The topological polar surface area (TPSA) is 45.7 Å². The monoisotopic (exact) mass is 391 g/mol. The average Bonchev–Trinajstić information content (AvgIpc) is 3.10. The molecule has 148 valence electrons. The Bertz CT molecular complexity index is 1080. The summed E-state index contributed by atoms with van der Waals surface area (Å²) in [5.41, 5.74) is 3.72. The zero-order valence-electron chi connectivity index (χ0n) is 16.1. The van der Waals surface area contributed by atoms with Crippen molar-refractivity contribution >= 4 is 22.5 Å². The molecule has 1 saturated heterocycles. The molecular formula is C23H22FN3O2. The lowest BCUT2D eigenvalue weighted by Crippen LogP contribution is -2.37. The van der Waals surface area contributed by atoms with E-state index in [0.717, 1.165) is 22.3 Å². The smallest absolute Gasteiger partial charge is 0.256 e. The SMILES string of the molecule is O=C1c2c(N3CCOCC3)ccc(F)c2CN1CCc1ccc2ccccc2n1. The summed E-state index contributed by atoms with van der Waals surface area (Å²) < 4.78 is 19.9. The van der Waals surface area contributed by atoms with Gasteiger partial charge >= 0.3 is 0 Å². The van der Waals surface area contributed by atoms with Gasteiger partial charge in [0.1, 0.15) is 5.82 Å². The molecule has 29 heavy (non-hydrogen) atoms. The molecule has 0 bridgehead atoms. The number of rotatable bonds is 4. The fourth-order valence-corrected chi connectivity index (χ4v) is 4.17. The van der Waals surface area contributed by atoms with Gasteiger partial charge in [0.15, 0.2) is 0 Å². The second-order valence-electron chi connectivity index (χ2n) is 7.49. The van der Waals surface area contributed by atoms with Crippen LogP contribution in [0, 0.1) is 5.82 Å². The summed E-state index contributed by atoms with van der Waals surface area (Å²) in [4.78, 5) is 21.7. The van der Waals surface area contributed by atoms with Crippen molar-refractivity contribution in [1.82, 2.24) is 9.88 Å². The van der Waals surface area contributed by atoms with Crippen LogP contribution in [0.4, 0.5) is 10.1 Å². The third kappa shape index (κ3) is 3.34. The third-order valence-electron chi connectivity index (χ3n) is 5.73. The van der Waals surface area contributed by atoms with Gasteiger partial charge in [0.25, 0.3) is 5.91 Å². The van der Waals surface area contributed by atoms with Gasteiger partial charge in [-0.05, 0) is 24.3 Å². The summed E-state index contributed by atoms with van der Waals surface area (Å²) in [6, 6.07) is 15.2. The van der Waals surface area contributed by atoms with Crippen molar-refractivity contribution in [2.45, 2.75) is 13.0 Å². The number of fused-ring (bicyclic) bond motifs is 2. The Morgan fingerprint density at radius 1 is 1.03 bits per heavy atom. The number of nitrogens with zero attached hydrogens (tertiary/aromatic N) is 3. The average molecular weight is 391 g/mol. The Balaban J connectivity index is 1.36. The van der Waals surface area contributed by atoms with E-state index in [-0.39, 0.29) is 11.7 Å². The molecule has 5 rings (SSSR count). The van der Waals surface area contributed by atoms with Gasteiger partial charge in [0, 0.05) is 49.2 Å². The fraction of sp³-hybridized carbons (Fsp3) is 0.304. The zero-order valence-corrected chi connectivity index (χ0v) is 16.1. The molecule has 2 aromatic carbocycles. The Labute approximate surface area is 168 Å². The summed E-state index contributed by atoms with van der Waals surface area (Å²) in [7, 11) is 0. The largest absolute Gasteiger partial charge is 0.378 e. The number of carbonyl (C=O) groups is 1. The van der Waals surface area contributed by atoms with E-state index >= 15 is 0 Å². The Kier molecular flexibility index (Phi) is 4.64. The van der Waals surface area contributed by atoms with E-state index in [1.54, 1.807) is 11.0 Å². The molecule has 3 aromatic rings. The number of benzene rings is 2. The number of hydrogen-bond donors (Lipinski definition) is 0. The summed E-state index contributed by atoms with van der Waals surface area (Å²) in [5.74, 6) is -0.404. The van der Waals surface area contributed by atoms with Crippen LogP contribution in [0.2, 0.25) is 0 Å². The highest BCUT2D eigenvalue weighted by atomic mass is 19.1. The van der Waals surface area contributed by atoms with Gasteiger partial charge in [-0.25, -0.2) is 4.39 Å². The zero-order chi connectivity index (χ0) is 19.8. The predicted octanol–water partition coefficient (Wildman–Crippen LogP) is 3.41. The van der Waals surface area contributed by atoms with Crippen molar-refractivity contribution in [3.8, 4) is 0 Å². The molecule has 2 aliphatic heterocycles. The minimum Gasteiger partial charge on any atom is -0.378 e. The maximum Gasteiger partial charge on any atom is 0.256 e. The first-order chi connectivity index (χ1) is 14.2. The number of carbonyl (C=O) groups excluding carboxylic acids is 1. The molecule has 0 atom stereocenters. The van der Waals surface area contributed by atoms with E-state index in [2.05, 4.69) is 16.0 Å². The van der Waals surface area contributed by atoms with Gasteiger partial charge in [0.05, 0.1) is 30.0 Å². The van der Waals surface area contributed by atoms with Gasteiger partial charge in [-0.1, -0.05) is 24.3 Å². The summed E-state index contributed by atoms with van der Waals surface area (Å²) in [5, 5.41) is 1.10. The van der Waals surface area contributed by atoms with E-state index in [1.807, 2.05) is 30.3 Å². The van der Waals surface area contributed by atoms with Crippen LogP contribution in [0.15, 0.2) is 48.5 Å². The molecule has 0 spiro atoms. The molecule has 6 heteroatoms. The van der Waals surface area contributed by atoms with Crippen LogP contribution < -0.4 is 4.90 Å². The second kappa shape index (κ2) is 7.44. The number of para-hydroxylation sites is 1. The van der Waals surface area contributed by atoms with Crippen molar-refractivity contribution in [1.29, 1.82) is 0 Å². The predicted molar refractivity (Wildman–Crippen MR) is 110 cm³/mol. The van der Waals surface area contributed by atoms with E-state index in [0.29, 0.717) is 56.9 Å². The van der Waals surface area contributed by atoms with Crippen LogP contribution in [-0.2, 0) is 17.7 Å². The van der Waals surface area contributed by atoms with Crippen LogP contribution in [0.5, 0.6) is 0 Å². The molecular weight excluding hydrogens is 369 g/mol. The number of ether oxygens (including phenoxy) is 1. The number of aromatic nitrogens is 1. The van der Waals surface area contributed by atoms with Crippen LogP contribution in [0.3, 0.4) is 0 Å². The van der Waals surface area contributed by atoms with Crippen molar-refractivity contribution in [3.63, 3.8) is 0 Å².